The van der Waals surface area contributed by atoms with Gasteiger partial charge in [-0.2, -0.15) is 0 Å². The number of ether oxygens (including phenoxy) is 1. The van der Waals surface area contributed by atoms with Crippen LogP contribution in [0.5, 0.6) is 0 Å². The Morgan fingerprint density at radius 3 is 2.58 bits per heavy atom. The maximum atomic E-state index is 5.47. The first-order valence-electron chi connectivity index (χ1n) is 11.8. The summed E-state index contributed by atoms with van der Waals surface area (Å²) in [5.41, 5.74) is 2.74. The van der Waals surface area contributed by atoms with E-state index in [2.05, 4.69) is 65.5 Å². The van der Waals surface area contributed by atoms with Gasteiger partial charge in [0, 0.05) is 44.8 Å². The SMILES string of the molecule is CCNC(=NCc1ccccc1CN1CCCCC1C)NCC(C)N1CCOCC1.I. The monoisotopic (exact) mass is 543 g/mol. The maximum Gasteiger partial charge on any atom is 0.191 e. The van der Waals surface area contributed by atoms with Gasteiger partial charge in [-0.25, -0.2) is 4.99 Å². The number of guanidine groups is 1. The van der Waals surface area contributed by atoms with Crippen molar-refractivity contribution in [3.8, 4) is 0 Å². The van der Waals surface area contributed by atoms with Crippen LogP contribution in [0.3, 0.4) is 0 Å². The molecule has 0 radical (unpaired) electrons. The summed E-state index contributed by atoms with van der Waals surface area (Å²) in [7, 11) is 0. The van der Waals surface area contributed by atoms with Crippen LogP contribution < -0.4 is 10.6 Å². The highest BCUT2D eigenvalue weighted by molar-refractivity contribution is 14.0. The van der Waals surface area contributed by atoms with Gasteiger partial charge in [0.15, 0.2) is 5.96 Å². The summed E-state index contributed by atoms with van der Waals surface area (Å²) in [6, 6.07) is 9.93. The predicted molar refractivity (Wildman–Crippen MR) is 140 cm³/mol. The Labute approximate surface area is 206 Å². The zero-order chi connectivity index (χ0) is 21.2. The van der Waals surface area contributed by atoms with Crippen LogP contribution in [0.2, 0.25) is 0 Å². The lowest BCUT2D eigenvalue weighted by atomic mass is 10.0. The van der Waals surface area contributed by atoms with Crippen LogP contribution >= 0.6 is 24.0 Å². The molecule has 176 valence electrons. The fraction of sp³-hybridized carbons (Fsp3) is 0.708. The van der Waals surface area contributed by atoms with Crippen molar-refractivity contribution in [2.75, 3.05) is 45.9 Å². The Balaban J connectivity index is 0.00000341. The van der Waals surface area contributed by atoms with E-state index in [1.165, 1.54) is 36.9 Å². The van der Waals surface area contributed by atoms with Gasteiger partial charge in [0.1, 0.15) is 0 Å². The average molecular weight is 544 g/mol. The normalized spacial score (nSPS) is 21.9. The quantitative estimate of drug-likeness (QED) is 0.299. The number of benzene rings is 1. The lowest BCUT2D eigenvalue weighted by Crippen LogP contribution is -2.49. The van der Waals surface area contributed by atoms with Crippen molar-refractivity contribution in [1.82, 2.24) is 20.4 Å². The van der Waals surface area contributed by atoms with Gasteiger partial charge in [0.2, 0.25) is 0 Å². The first kappa shape index (κ1) is 26.4. The van der Waals surface area contributed by atoms with Gasteiger partial charge in [0.25, 0.3) is 0 Å². The summed E-state index contributed by atoms with van der Waals surface area (Å²) >= 11 is 0. The topological polar surface area (TPSA) is 52.1 Å². The molecule has 0 aromatic heterocycles. The molecule has 2 unspecified atom stereocenters. The molecule has 2 atom stereocenters. The number of morpholine rings is 1. The lowest BCUT2D eigenvalue weighted by Gasteiger charge is -2.33. The molecule has 7 heteroatoms. The van der Waals surface area contributed by atoms with Crippen molar-refractivity contribution >= 4 is 29.9 Å². The molecule has 0 amide bonds. The lowest BCUT2D eigenvalue weighted by molar-refractivity contribution is 0.0211. The third kappa shape index (κ3) is 8.51. The van der Waals surface area contributed by atoms with E-state index in [0.29, 0.717) is 18.6 Å². The predicted octanol–water partition coefficient (Wildman–Crippen LogP) is 3.45. The molecule has 0 bridgehead atoms. The molecule has 1 aromatic rings. The summed E-state index contributed by atoms with van der Waals surface area (Å²) in [6.45, 7) is 15.2. The summed E-state index contributed by atoms with van der Waals surface area (Å²) in [5.74, 6) is 0.902. The maximum absolute atomic E-state index is 5.47. The first-order valence-corrected chi connectivity index (χ1v) is 11.8. The van der Waals surface area contributed by atoms with E-state index in [1.54, 1.807) is 0 Å². The Bertz CT molecular complexity index is 665. The number of hydrogen-bond donors (Lipinski definition) is 2. The van der Waals surface area contributed by atoms with Crippen LogP contribution in [-0.4, -0.2) is 73.8 Å². The second-order valence-corrected chi connectivity index (χ2v) is 8.66. The molecule has 2 fully saturated rings. The van der Waals surface area contributed by atoms with Gasteiger partial charge >= 0.3 is 0 Å². The van der Waals surface area contributed by atoms with E-state index in [9.17, 15) is 0 Å². The fourth-order valence-corrected chi connectivity index (χ4v) is 4.37. The minimum atomic E-state index is 0. The van der Waals surface area contributed by atoms with Crippen molar-refractivity contribution in [1.29, 1.82) is 0 Å². The summed E-state index contributed by atoms with van der Waals surface area (Å²) in [5, 5.41) is 6.95. The number of aliphatic imine (C=N–C) groups is 1. The number of hydrogen-bond acceptors (Lipinski definition) is 4. The van der Waals surface area contributed by atoms with Crippen LogP contribution in [0.15, 0.2) is 29.3 Å². The molecule has 2 saturated heterocycles. The third-order valence-corrected chi connectivity index (χ3v) is 6.42. The van der Waals surface area contributed by atoms with E-state index in [4.69, 9.17) is 9.73 Å². The molecule has 3 rings (SSSR count). The van der Waals surface area contributed by atoms with Crippen molar-refractivity contribution in [3.63, 3.8) is 0 Å². The largest absolute Gasteiger partial charge is 0.379 e. The number of nitrogens with one attached hydrogen (secondary N) is 2. The summed E-state index contributed by atoms with van der Waals surface area (Å²) < 4.78 is 5.47. The minimum absolute atomic E-state index is 0. The third-order valence-electron chi connectivity index (χ3n) is 6.42. The second-order valence-electron chi connectivity index (χ2n) is 8.66. The standard InChI is InChI=1S/C24H41N5O.HI/c1-4-25-24(26-17-21(3)28-13-15-30-16-14-28)27-18-22-10-5-6-11-23(22)19-29-12-8-7-9-20(29)2;/h5-6,10-11,20-21H,4,7-9,12-19H2,1-3H3,(H2,25,26,27);1H. The van der Waals surface area contributed by atoms with Crippen LogP contribution in [0.1, 0.15) is 51.2 Å². The molecular formula is C24H42IN5O. The van der Waals surface area contributed by atoms with Crippen LogP contribution in [0.25, 0.3) is 0 Å². The van der Waals surface area contributed by atoms with Crippen molar-refractivity contribution in [3.05, 3.63) is 35.4 Å². The number of rotatable bonds is 8. The summed E-state index contributed by atoms with van der Waals surface area (Å²) in [6.07, 6.45) is 4.00. The fourth-order valence-electron chi connectivity index (χ4n) is 4.37. The molecule has 0 aliphatic carbocycles. The van der Waals surface area contributed by atoms with E-state index in [0.717, 1.165) is 51.9 Å². The molecule has 2 aliphatic rings. The van der Waals surface area contributed by atoms with Gasteiger partial charge in [-0.1, -0.05) is 30.7 Å². The van der Waals surface area contributed by atoms with Crippen molar-refractivity contribution < 1.29 is 4.74 Å². The highest BCUT2D eigenvalue weighted by Gasteiger charge is 2.19. The van der Waals surface area contributed by atoms with Gasteiger partial charge in [0.05, 0.1) is 19.8 Å². The van der Waals surface area contributed by atoms with Crippen LogP contribution in [0, 0.1) is 0 Å². The van der Waals surface area contributed by atoms with Gasteiger partial charge in [-0.05, 0) is 51.3 Å². The van der Waals surface area contributed by atoms with Gasteiger partial charge < -0.3 is 15.4 Å². The Morgan fingerprint density at radius 2 is 1.87 bits per heavy atom. The zero-order valence-electron chi connectivity index (χ0n) is 19.6. The zero-order valence-corrected chi connectivity index (χ0v) is 21.9. The molecule has 0 saturated carbocycles. The Hall–Kier alpha value is -0.900. The molecule has 2 N–H and O–H groups in total. The van der Waals surface area contributed by atoms with E-state index in [-0.39, 0.29) is 24.0 Å². The number of likely N-dealkylation sites (tertiary alicyclic amines) is 1. The van der Waals surface area contributed by atoms with Gasteiger partial charge in [-0.15, -0.1) is 24.0 Å². The van der Waals surface area contributed by atoms with Crippen LogP contribution in [-0.2, 0) is 17.8 Å². The van der Waals surface area contributed by atoms with E-state index < -0.39 is 0 Å². The molecular weight excluding hydrogens is 501 g/mol. The average Bonchev–Trinajstić information content (AvgIpc) is 2.78. The second kappa shape index (κ2) is 14.3. The molecule has 2 aliphatic heterocycles. The number of nitrogens with zero attached hydrogens (tertiary/aromatic N) is 3. The Kier molecular flexibility index (Phi) is 12.1. The molecule has 6 nitrogen and oxygen atoms in total. The van der Waals surface area contributed by atoms with Gasteiger partial charge in [-0.3, -0.25) is 9.80 Å². The molecule has 2 heterocycles. The highest BCUT2D eigenvalue weighted by atomic mass is 127. The van der Waals surface area contributed by atoms with Crippen LogP contribution in [0.4, 0.5) is 0 Å². The van der Waals surface area contributed by atoms with Crippen molar-refractivity contribution in [2.45, 2.75) is 65.2 Å². The molecule has 0 spiro atoms. The smallest absolute Gasteiger partial charge is 0.191 e. The number of halogens is 1. The molecule has 31 heavy (non-hydrogen) atoms. The minimum Gasteiger partial charge on any atom is -0.379 e. The first-order chi connectivity index (χ1) is 14.7. The van der Waals surface area contributed by atoms with E-state index >= 15 is 0 Å². The number of piperidine rings is 1. The van der Waals surface area contributed by atoms with Crippen molar-refractivity contribution in [2.24, 2.45) is 4.99 Å². The molecule has 1 aromatic carbocycles. The highest BCUT2D eigenvalue weighted by Crippen LogP contribution is 2.21. The summed E-state index contributed by atoms with van der Waals surface area (Å²) in [4.78, 5) is 10.0. The Morgan fingerprint density at radius 1 is 1.13 bits per heavy atom. The van der Waals surface area contributed by atoms with E-state index in [1.807, 2.05) is 0 Å².